The normalized spacial score (nSPS) is 18.7. The molecule has 0 aliphatic heterocycles. The van der Waals surface area contributed by atoms with Crippen molar-refractivity contribution in [2.24, 2.45) is 11.1 Å². The zero-order chi connectivity index (χ0) is 14.0. The summed E-state index contributed by atoms with van der Waals surface area (Å²) in [5.41, 5.74) is 4.24. The second-order valence-corrected chi connectivity index (χ2v) is 6.23. The van der Waals surface area contributed by atoms with Crippen LogP contribution < -0.4 is 5.73 Å². The molecule has 1 amide bonds. The number of likely N-dealkylation sites (N-methyl/N-ethyl adjacent to an activating group) is 1. The fourth-order valence-electron chi connectivity index (χ4n) is 2.64. The number of carbonyl (C=O) groups is 1. The Kier molecular flexibility index (Phi) is 4.72. The van der Waals surface area contributed by atoms with E-state index in [1.54, 1.807) is 18.7 Å². The summed E-state index contributed by atoms with van der Waals surface area (Å²) in [4.78, 5) is 14.6. The van der Waals surface area contributed by atoms with Crippen LogP contribution >= 0.6 is 12.2 Å². The average Bonchev–Trinajstić information content (AvgIpc) is 2.73. The van der Waals surface area contributed by atoms with E-state index in [4.69, 9.17) is 18.0 Å². The van der Waals surface area contributed by atoms with Crippen LogP contribution in [0.25, 0.3) is 0 Å². The number of thiocarbonyl (C=S) groups is 1. The minimum atomic E-state index is -0.901. The molecular weight excluding hydrogens is 248 g/mol. The lowest BCUT2D eigenvalue weighted by atomic mass is 9.84. The minimum Gasteiger partial charge on any atom is -0.392 e. The molecule has 1 rings (SSSR count). The Morgan fingerprint density at radius 1 is 1.44 bits per heavy atom. The smallest absolute Gasteiger partial charge is 0.235 e. The van der Waals surface area contributed by atoms with Gasteiger partial charge < -0.3 is 15.7 Å². The van der Waals surface area contributed by atoms with Crippen LogP contribution in [0.2, 0.25) is 0 Å². The van der Waals surface area contributed by atoms with Crippen molar-refractivity contribution in [1.29, 1.82) is 0 Å². The van der Waals surface area contributed by atoms with E-state index >= 15 is 0 Å². The molecular formula is C13H24N2O2S. The Labute approximate surface area is 115 Å². The van der Waals surface area contributed by atoms with E-state index in [1.165, 1.54) is 0 Å². The van der Waals surface area contributed by atoms with Crippen LogP contribution in [0, 0.1) is 5.41 Å². The summed E-state index contributed by atoms with van der Waals surface area (Å²) < 4.78 is 0. The summed E-state index contributed by atoms with van der Waals surface area (Å²) in [5, 5.41) is 9.88. The molecule has 0 aromatic heterocycles. The SMILES string of the molecule is CCN(CC(C)(C)O)C(=O)C1(C(N)=S)CCCC1. The van der Waals surface area contributed by atoms with Gasteiger partial charge in [0, 0.05) is 13.1 Å². The molecule has 0 atom stereocenters. The van der Waals surface area contributed by atoms with Gasteiger partial charge in [0.2, 0.25) is 5.91 Å². The van der Waals surface area contributed by atoms with Crippen molar-refractivity contribution in [2.75, 3.05) is 13.1 Å². The molecule has 1 saturated carbocycles. The Bertz CT molecular complexity index is 330. The molecule has 0 heterocycles. The number of aliphatic hydroxyl groups is 1. The monoisotopic (exact) mass is 272 g/mol. The number of nitrogens with two attached hydrogens (primary N) is 1. The Hall–Kier alpha value is -0.680. The predicted octanol–water partition coefficient (Wildman–Crippen LogP) is 1.45. The van der Waals surface area contributed by atoms with E-state index in [-0.39, 0.29) is 5.91 Å². The lowest BCUT2D eigenvalue weighted by Crippen LogP contribution is -2.52. The van der Waals surface area contributed by atoms with Gasteiger partial charge >= 0.3 is 0 Å². The molecule has 0 aromatic carbocycles. The molecule has 104 valence electrons. The van der Waals surface area contributed by atoms with E-state index in [0.717, 1.165) is 25.7 Å². The topological polar surface area (TPSA) is 66.6 Å². The van der Waals surface area contributed by atoms with Gasteiger partial charge in [0.1, 0.15) is 0 Å². The van der Waals surface area contributed by atoms with E-state index in [2.05, 4.69) is 0 Å². The van der Waals surface area contributed by atoms with Crippen LogP contribution in [0.4, 0.5) is 0 Å². The highest BCUT2D eigenvalue weighted by Crippen LogP contribution is 2.40. The zero-order valence-electron chi connectivity index (χ0n) is 11.5. The van der Waals surface area contributed by atoms with Gasteiger partial charge in [-0.2, -0.15) is 0 Å². The Morgan fingerprint density at radius 2 is 1.94 bits per heavy atom. The Morgan fingerprint density at radius 3 is 2.28 bits per heavy atom. The molecule has 0 saturated heterocycles. The third-order valence-electron chi connectivity index (χ3n) is 3.58. The van der Waals surface area contributed by atoms with Gasteiger partial charge in [-0.15, -0.1) is 0 Å². The Balaban J connectivity index is 2.91. The van der Waals surface area contributed by atoms with E-state index in [0.29, 0.717) is 18.1 Å². The first-order valence-corrected chi connectivity index (χ1v) is 6.95. The average molecular weight is 272 g/mol. The summed E-state index contributed by atoms with van der Waals surface area (Å²) in [7, 11) is 0. The van der Waals surface area contributed by atoms with Crippen molar-refractivity contribution in [3.05, 3.63) is 0 Å². The van der Waals surface area contributed by atoms with Gasteiger partial charge in [0.25, 0.3) is 0 Å². The maximum Gasteiger partial charge on any atom is 0.235 e. The molecule has 1 aliphatic carbocycles. The van der Waals surface area contributed by atoms with Gasteiger partial charge in [-0.25, -0.2) is 0 Å². The minimum absolute atomic E-state index is 0.0166. The van der Waals surface area contributed by atoms with Crippen molar-refractivity contribution in [2.45, 2.75) is 52.1 Å². The van der Waals surface area contributed by atoms with Crippen molar-refractivity contribution in [3.63, 3.8) is 0 Å². The second kappa shape index (κ2) is 5.53. The first-order valence-electron chi connectivity index (χ1n) is 6.54. The first kappa shape index (κ1) is 15.4. The maximum absolute atomic E-state index is 12.7. The first-order chi connectivity index (χ1) is 8.23. The molecule has 18 heavy (non-hydrogen) atoms. The highest BCUT2D eigenvalue weighted by molar-refractivity contribution is 7.80. The highest BCUT2D eigenvalue weighted by Gasteiger charge is 2.46. The molecule has 1 fully saturated rings. The van der Waals surface area contributed by atoms with Crippen LogP contribution in [-0.2, 0) is 4.79 Å². The lowest BCUT2D eigenvalue weighted by Gasteiger charge is -2.36. The predicted molar refractivity (Wildman–Crippen MR) is 76.2 cm³/mol. The number of hydrogen-bond acceptors (Lipinski definition) is 3. The van der Waals surface area contributed by atoms with Crippen LogP contribution in [0.5, 0.6) is 0 Å². The highest BCUT2D eigenvalue weighted by atomic mass is 32.1. The van der Waals surface area contributed by atoms with Gasteiger partial charge in [-0.1, -0.05) is 25.1 Å². The van der Waals surface area contributed by atoms with Crippen LogP contribution in [0.1, 0.15) is 46.5 Å². The largest absolute Gasteiger partial charge is 0.392 e. The molecule has 0 radical (unpaired) electrons. The quantitative estimate of drug-likeness (QED) is 0.744. The van der Waals surface area contributed by atoms with Crippen molar-refractivity contribution >= 4 is 23.1 Å². The van der Waals surface area contributed by atoms with Crippen molar-refractivity contribution in [3.8, 4) is 0 Å². The number of hydrogen-bond donors (Lipinski definition) is 2. The standard InChI is InChI=1S/C13H24N2O2S/c1-4-15(9-12(2,3)17)11(16)13(10(14)18)7-5-6-8-13/h17H,4-9H2,1-3H3,(H2,14,18). The number of carbonyl (C=O) groups excluding carboxylic acids is 1. The van der Waals surface area contributed by atoms with Gasteiger partial charge in [0.05, 0.1) is 16.0 Å². The number of amides is 1. The van der Waals surface area contributed by atoms with E-state index in [9.17, 15) is 9.90 Å². The summed E-state index contributed by atoms with van der Waals surface area (Å²) >= 11 is 5.12. The van der Waals surface area contributed by atoms with Crippen LogP contribution in [0.15, 0.2) is 0 Å². The van der Waals surface area contributed by atoms with Crippen LogP contribution in [-0.4, -0.2) is 39.6 Å². The van der Waals surface area contributed by atoms with E-state index in [1.807, 2.05) is 6.92 Å². The lowest BCUT2D eigenvalue weighted by molar-refractivity contribution is -0.140. The number of nitrogens with zero attached hydrogens (tertiary/aromatic N) is 1. The number of rotatable bonds is 5. The molecule has 0 unspecified atom stereocenters. The molecule has 0 bridgehead atoms. The van der Waals surface area contributed by atoms with Crippen LogP contribution in [0.3, 0.4) is 0 Å². The van der Waals surface area contributed by atoms with Crippen molar-refractivity contribution in [1.82, 2.24) is 4.90 Å². The molecule has 4 nitrogen and oxygen atoms in total. The maximum atomic E-state index is 12.7. The van der Waals surface area contributed by atoms with Gasteiger partial charge in [-0.05, 0) is 33.6 Å². The third-order valence-corrected chi connectivity index (χ3v) is 3.98. The summed E-state index contributed by atoms with van der Waals surface area (Å²) in [6.07, 6.45) is 3.46. The van der Waals surface area contributed by atoms with Gasteiger partial charge in [-0.3, -0.25) is 4.79 Å². The second-order valence-electron chi connectivity index (χ2n) is 5.79. The van der Waals surface area contributed by atoms with E-state index < -0.39 is 11.0 Å². The van der Waals surface area contributed by atoms with Crippen molar-refractivity contribution < 1.29 is 9.90 Å². The molecule has 0 aromatic rings. The zero-order valence-corrected chi connectivity index (χ0v) is 12.3. The third kappa shape index (κ3) is 3.20. The summed E-state index contributed by atoms with van der Waals surface area (Å²) in [6.45, 7) is 6.18. The fourth-order valence-corrected chi connectivity index (χ4v) is 2.93. The molecule has 0 spiro atoms. The van der Waals surface area contributed by atoms with Gasteiger partial charge in [0.15, 0.2) is 0 Å². The molecule has 1 aliphatic rings. The summed E-state index contributed by atoms with van der Waals surface area (Å²) in [5.74, 6) is -0.0166. The summed E-state index contributed by atoms with van der Waals surface area (Å²) in [6, 6.07) is 0. The molecule has 5 heteroatoms. The fraction of sp³-hybridized carbons (Fsp3) is 0.846. The molecule has 3 N–H and O–H groups in total.